The van der Waals surface area contributed by atoms with E-state index in [0.717, 1.165) is 57.4 Å². The van der Waals surface area contributed by atoms with Gasteiger partial charge in [-0.25, -0.2) is 0 Å². The van der Waals surface area contributed by atoms with Gasteiger partial charge in [-0.1, -0.05) is 25.0 Å². The minimum atomic E-state index is -0.0913. The zero-order valence-corrected chi connectivity index (χ0v) is 16.3. The lowest BCUT2D eigenvalue weighted by Gasteiger charge is -2.18. The number of carbonyl (C=O) groups excluding carboxylic acids is 1. The van der Waals surface area contributed by atoms with Crippen LogP contribution in [0.1, 0.15) is 70.6 Å². The van der Waals surface area contributed by atoms with Gasteiger partial charge in [0.15, 0.2) is 0 Å². The second kappa shape index (κ2) is 16.9. The molecule has 0 aliphatic heterocycles. The summed E-state index contributed by atoms with van der Waals surface area (Å²) in [6.45, 7) is 2.58. The van der Waals surface area contributed by atoms with Gasteiger partial charge in [0.25, 0.3) is 0 Å². The van der Waals surface area contributed by atoms with E-state index in [2.05, 4.69) is 12.2 Å². The number of halogens is 1. The van der Waals surface area contributed by atoms with Crippen molar-refractivity contribution < 1.29 is 19.0 Å². The monoisotopic (exact) mass is 374 g/mol. The first-order chi connectivity index (χ1) is 12.3. The zero-order chi connectivity index (χ0) is 18.0. The average molecular weight is 375 g/mol. The van der Waals surface area contributed by atoms with Crippen LogP contribution >= 0.6 is 11.6 Å². The van der Waals surface area contributed by atoms with Crippen LogP contribution in [0.2, 0.25) is 0 Å². The molecule has 0 N–H and O–H groups in total. The Bertz CT molecular complexity index is 347. The van der Waals surface area contributed by atoms with E-state index in [-0.39, 0.29) is 12.1 Å². The molecule has 25 heavy (non-hydrogen) atoms. The molecular formula is C20H35ClO4. The van der Waals surface area contributed by atoms with Crippen LogP contribution < -0.4 is 0 Å². The van der Waals surface area contributed by atoms with Crippen molar-refractivity contribution in [2.45, 2.75) is 76.7 Å². The van der Waals surface area contributed by atoms with Crippen LogP contribution in [0, 0.1) is 0 Å². The van der Waals surface area contributed by atoms with E-state index < -0.39 is 0 Å². The summed E-state index contributed by atoms with van der Waals surface area (Å²) in [5.41, 5.74) is 0. The number of ether oxygens (including phenoxy) is 3. The molecule has 0 saturated heterocycles. The second-order valence-corrected chi connectivity index (χ2v) is 6.90. The van der Waals surface area contributed by atoms with Crippen molar-refractivity contribution in [3.63, 3.8) is 0 Å². The summed E-state index contributed by atoms with van der Waals surface area (Å²) in [7, 11) is 0. The van der Waals surface area contributed by atoms with Crippen LogP contribution in [0.4, 0.5) is 0 Å². The maximum absolute atomic E-state index is 11.9. The van der Waals surface area contributed by atoms with E-state index in [1.54, 1.807) is 0 Å². The molecule has 0 fully saturated rings. The molecule has 1 aliphatic rings. The van der Waals surface area contributed by atoms with E-state index >= 15 is 0 Å². The number of esters is 1. The Morgan fingerprint density at radius 1 is 0.880 bits per heavy atom. The van der Waals surface area contributed by atoms with E-state index in [9.17, 15) is 4.79 Å². The van der Waals surface area contributed by atoms with Crippen LogP contribution in [-0.2, 0) is 19.0 Å². The number of hydrogen-bond donors (Lipinski definition) is 0. The summed E-state index contributed by atoms with van der Waals surface area (Å²) in [4.78, 5) is 11.9. The predicted molar refractivity (Wildman–Crippen MR) is 102 cm³/mol. The molecule has 1 aliphatic carbocycles. The Morgan fingerprint density at radius 2 is 1.60 bits per heavy atom. The lowest BCUT2D eigenvalue weighted by Crippen LogP contribution is -2.19. The number of allylic oxidation sites excluding steroid dienone is 2. The third-order valence-electron chi connectivity index (χ3n) is 4.23. The Hall–Kier alpha value is -0.580. The van der Waals surface area contributed by atoms with Crippen molar-refractivity contribution in [2.24, 2.45) is 0 Å². The minimum Gasteiger partial charge on any atom is -0.462 e. The molecule has 0 aromatic rings. The van der Waals surface area contributed by atoms with Crippen LogP contribution in [0.25, 0.3) is 0 Å². The van der Waals surface area contributed by atoms with Gasteiger partial charge in [-0.2, -0.15) is 0 Å². The predicted octanol–water partition coefficient (Wildman–Crippen LogP) is 5.03. The summed E-state index contributed by atoms with van der Waals surface area (Å²) in [5, 5.41) is 0. The Morgan fingerprint density at radius 3 is 2.40 bits per heavy atom. The van der Waals surface area contributed by atoms with Gasteiger partial charge in [0.2, 0.25) is 0 Å². The molecule has 0 saturated carbocycles. The van der Waals surface area contributed by atoms with Crippen molar-refractivity contribution in [3.8, 4) is 0 Å². The van der Waals surface area contributed by atoms with Crippen LogP contribution in [0.3, 0.4) is 0 Å². The van der Waals surface area contributed by atoms with Gasteiger partial charge in [-0.3, -0.25) is 4.79 Å². The van der Waals surface area contributed by atoms with Gasteiger partial charge < -0.3 is 14.2 Å². The first kappa shape index (κ1) is 22.5. The molecular weight excluding hydrogens is 340 g/mol. The van der Waals surface area contributed by atoms with Crippen LogP contribution in [0.5, 0.6) is 0 Å². The number of alkyl halides is 1. The van der Waals surface area contributed by atoms with Crippen molar-refractivity contribution in [2.75, 3.05) is 32.3 Å². The largest absolute Gasteiger partial charge is 0.462 e. The highest BCUT2D eigenvalue weighted by molar-refractivity contribution is 6.17. The summed E-state index contributed by atoms with van der Waals surface area (Å²) in [5.74, 6) is 0.659. The lowest BCUT2D eigenvalue weighted by molar-refractivity contribution is -0.150. The molecule has 1 rings (SSSR count). The molecule has 0 spiro atoms. The Labute approximate surface area is 158 Å². The maximum atomic E-state index is 11.9. The fourth-order valence-corrected chi connectivity index (χ4v) is 2.97. The van der Waals surface area contributed by atoms with Crippen molar-refractivity contribution >= 4 is 17.6 Å². The maximum Gasteiger partial charge on any atom is 0.306 e. The summed E-state index contributed by atoms with van der Waals surface area (Å²) >= 11 is 5.63. The topological polar surface area (TPSA) is 44.8 Å². The van der Waals surface area contributed by atoms with E-state index in [1.165, 1.54) is 12.8 Å². The van der Waals surface area contributed by atoms with Crippen LogP contribution in [0.15, 0.2) is 12.2 Å². The first-order valence-corrected chi connectivity index (χ1v) is 10.4. The highest BCUT2D eigenvalue weighted by Gasteiger charge is 2.14. The van der Waals surface area contributed by atoms with Gasteiger partial charge >= 0.3 is 5.97 Å². The minimum absolute atomic E-state index is 0.0913. The number of rotatable bonds is 14. The van der Waals surface area contributed by atoms with Crippen molar-refractivity contribution in [1.82, 2.24) is 0 Å². The normalized spacial score (nSPS) is 19.2. The highest BCUT2D eigenvalue weighted by atomic mass is 35.5. The quantitative estimate of drug-likeness (QED) is 0.185. The molecule has 0 aromatic heterocycles. The van der Waals surface area contributed by atoms with Crippen LogP contribution in [-0.4, -0.2) is 44.4 Å². The van der Waals surface area contributed by atoms with Gasteiger partial charge in [0.05, 0.1) is 13.2 Å². The summed E-state index contributed by atoms with van der Waals surface area (Å²) in [6.07, 6.45) is 15.3. The molecule has 0 amide bonds. The van der Waals surface area contributed by atoms with Gasteiger partial charge in [0, 0.05) is 25.5 Å². The van der Waals surface area contributed by atoms with Gasteiger partial charge in [0.1, 0.15) is 6.10 Å². The molecule has 1 unspecified atom stereocenters. The number of unbranched alkanes of at least 4 members (excludes halogenated alkanes) is 3. The fourth-order valence-electron chi connectivity index (χ4n) is 2.78. The molecule has 0 aromatic carbocycles. The van der Waals surface area contributed by atoms with Gasteiger partial charge in [-0.15, -0.1) is 11.6 Å². The Kier molecular flexibility index (Phi) is 15.2. The highest BCUT2D eigenvalue weighted by Crippen LogP contribution is 2.16. The van der Waals surface area contributed by atoms with Crippen molar-refractivity contribution in [1.29, 1.82) is 0 Å². The van der Waals surface area contributed by atoms with Gasteiger partial charge in [-0.05, 0) is 51.4 Å². The smallest absolute Gasteiger partial charge is 0.306 e. The third kappa shape index (κ3) is 14.3. The third-order valence-corrected chi connectivity index (χ3v) is 4.50. The standard InChI is InChI=1S/C20H35ClO4/c21-14-8-4-5-9-15-23-17-18-24-16-10-13-20(22)25-19-11-6-2-1-3-7-12-19/h1-2,19H,3-18H2/b2-1+. The molecule has 146 valence electrons. The second-order valence-electron chi connectivity index (χ2n) is 6.52. The number of carbonyl (C=O) groups is 1. The van der Waals surface area contributed by atoms with E-state index in [4.69, 9.17) is 25.8 Å². The first-order valence-electron chi connectivity index (χ1n) is 9.89. The van der Waals surface area contributed by atoms with E-state index in [0.29, 0.717) is 32.7 Å². The number of hydrogen-bond acceptors (Lipinski definition) is 4. The molecule has 4 nitrogen and oxygen atoms in total. The van der Waals surface area contributed by atoms with Crippen molar-refractivity contribution in [3.05, 3.63) is 12.2 Å². The average Bonchev–Trinajstić information content (AvgIpc) is 2.58. The summed E-state index contributed by atoms with van der Waals surface area (Å²) in [6, 6.07) is 0. The zero-order valence-electron chi connectivity index (χ0n) is 15.6. The SMILES string of the molecule is O=C(CCCOCCOCCCCCCCl)OC1CC/C=C/CCC1. The Balaban J connectivity index is 1.85. The van der Waals surface area contributed by atoms with E-state index in [1.807, 2.05) is 0 Å². The molecule has 1 atom stereocenters. The molecule has 0 radical (unpaired) electrons. The molecule has 0 bridgehead atoms. The fraction of sp³-hybridized carbons (Fsp3) is 0.850. The lowest BCUT2D eigenvalue weighted by atomic mass is 10.0. The molecule has 5 heteroatoms. The molecule has 0 heterocycles. The summed E-state index contributed by atoms with van der Waals surface area (Å²) < 4.78 is 16.6.